The summed E-state index contributed by atoms with van der Waals surface area (Å²) in [4.78, 5) is 34.9. The monoisotopic (exact) mass is 463 g/mol. The highest BCUT2D eigenvalue weighted by molar-refractivity contribution is 8.26. The maximum absolute atomic E-state index is 12.5. The molecule has 0 aliphatic carbocycles. The molecule has 1 heterocycles. The first-order valence-corrected chi connectivity index (χ1v) is 9.96. The van der Waals surface area contributed by atoms with Gasteiger partial charge in [-0.1, -0.05) is 53.8 Å². The van der Waals surface area contributed by atoms with Crippen LogP contribution >= 0.6 is 35.6 Å². The number of hydrogen-bond acceptors (Lipinski definition) is 8. The van der Waals surface area contributed by atoms with E-state index in [0.29, 0.717) is 10.6 Å². The Bertz CT molecular complexity index is 1090. The van der Waals surface area contributed by atoms with Crippen LogP contribution in [0.15, 0.2) is 47.4 Å². The molecule has 30 heavy (non-hydrogen) atoms. The van der Waals surface area contributed by atoms with E-state index in [9.17, 15) is 24.8 Å². The van der Waals surface area contributed by atoms with Crippen LogP contribution in [0.1, 0.15) is 11.1 Å². The second-order valence-electron chi connectivity index (χ2n) is 6.00. The molecule has 8 nitrogen and oxygen atoms in total. The summed E-state index contributed by atoms with van der Waals surface area (Å²) < 4.78 is 5.83. The number of carbonyl (C=O) groups is 2. The summed E-state index contributed by atoms with van der Waals surface area (Å²) in [6, 6.07) is 11.0. The van der Waals surface area contributed by atoms with E-state index in [0.717, 1.165) is 16.7 Å². The summed E-state index contributed by atoms with van der Waals surface area (Å²) >= 11 is 12.1. The number of carboxylic acid groups (broad SMARTS) is 1. The number of thioether (sulfide) groups is 1. The predicted molar refractivity (Wildman–Crippen MR) is 114 cm³/mol. The van der Waals surface area contributed by atoms with Crippen LogP contribution in [0.3, 0.4) is 0 Å². The number of thiocarbonyl (C=S) groups is 1. The largest absolute Gasteiger partial charge is 0.548 e. The molecule has 0 unspecified atom stereocenters. The third kappa shape index (κ3) is 4.96. The molecule has 1 fully saturated rings. The highest BCUT2D eigenvalue weighted by Crippen LogP contribution is 2.35. The Morgan fingerprint density at radius 3 is 2.70 bits per heavy atom. The Labute approximate surface area is 185 Å². The zero-order valence-electron chi connectivity index (χ0n) is 15.1. The molecule has 0 bridgehead atoms. The van der Waals surface area contributed by atoms with Gasteiger partial charge in [-0.2, -0.15) is 0 Å². The molecular weight excluding hydrogens is 452 g/mol. The number of hydrogen-bond donors (Lipinski definition) is 0. The van der Waals surface area contributed by atoms with E-state index in [2.05, 4.69) is 0 Å². The van der Waals surface area contributed by atoms with Crippen LogP contribution in [-0.2, 0) is 16.2 Å². The first kappa shape index (κ1) is 21.8. The van der Waals surface area contributed by atoms with E-state index in [1.54, 1.807) is 24.3 Å². The van der Waals surface area contributed by atoms with Crippen molar-refractivity contribution in [3.05, 3.63) is 73.6 Å². The van der Waals surface area contributed by atoms with Gasteiger partial charge in [0.1, 0.15) is 16.7 Å². The van der Waals surface area contributed by atoms with Crippen molar-refractivity contribution in [2.24, 2.45) is 0 Å². The summed E-state index contributed by atoms with van der Waals surface area (Å²) in [5.74, 6) is -1.80. The van der Waals surface area contributed by atoms with Crippen molar-refractivity contribution in [2.75, 3.05) is 6.54 Å². The number of carbonyl (C=O) groups excluding carboxylic acids is 2. The minimum absolute atomic E-state index is 0.0550. The van der Waals surface area contributed by atoms with E-state index in [1.165, 1.54) is 24.3 Å². The van der Waals surface area contributed by atoms with Crippen molar-refractivity contribution in [1.82, 2.24) is 4.90 Å². The van der Waals surface area contributed by atoms with Gasteiger partial charge in [-0.05, 0) is 18.2 Å². The zero-order valence-corrected chi connectivity index (χ0v) is 17.5. The number of aliphatic carboxylic acids is 1. The Hall–Kier alpha value is -2.95. The van der Waals surface area contributed by atoms with Gasteiger partial charge in [0, 0.05) is 28.3 Å². The van der Waals surface area contributed by atoms with E-state index >= 15 is 0 Å². The molecule has 1 amide bonds. The standard InChI is InChI=1S/C19H13ClN2O6S2/c20-14-4-2-1-3-11(14)10-28-15-6-5-13(22(26)27)7-12(15)8-16-18(25)21(9-17(23)24)19(29)30-16/h1-8H,9-10H2,(H,23,24)/p-1/b16-8-. The molecule has 0 spiro atoms. The molecule has 3 rings (SSSR count). The van der Waals surface area contributed by atoms with E-state index < -0.39 is 23.3 Å². The van der Waals surface area contributed by atoms with Crippen LogP contribution in [-0.4, -0.2) is 32.6 Å². The third-order valence-corrected chi connectivity index (χ3v) is 5.74. The molecule has 0 radical (unpaired) electrons. The smallest absolute Gasteiger partial charge is 0.270 e. The van der Waals surface area contributed by atoms with Gasteiger partial charge < -0.3 is 14.6 Å². The van der Waals surface area contributed by atoms with Crippen molar-refractivity contribution >= 4 is 63.5 Å². The molecule has 11 heteroatoms. The van der Waals surface area contributed by atoms with Crippen molar-refractivity contribution in [1.29, 1.82) is 0 Å². The number of nitrogens with zero attached hydrogens (tertiary/aromatic N) is 2. The molecule has 154 valence electrons. The fourth-order valence-corrected chi connectivity index (χ4v) is 4.01. The number of nitro groups is 1. The van der Waals surface area contributed by atoms with Gasteiger partial charge in [0.25, 0.3) is 11.6 Å². The Morgan fingerprint density at radius 1 is 1.30 bits per heavy atom. The normalized spacial score (nSPS) is 15.0. The maximum atomic E-state index is 12.5. The van der Waals surface area contributed by atoms with Gasteiger partial charge in [-0.25, -0.2) is 0 Å². The van der Waals surface area contributed by atoms with E-state index in [4.69, 9.17) is 28.6 Å². The summed E-state index contributed by atoms with van der Waals surface area (Å²) in [6.45, 7) is -0.573. The van der Waals surface area contributed by atoms with Crippen LogP contribution in [0.5, 0.6) is 5.75 Å². The first-order valence-electron chi connectivity index (χ1n) is 8.36. The van der Waals surface area contributed by atoms with Crippen LogP contribution in [0.2, 0.25) is 5.02 Å². The molecule has 0 aromatic heterocycles. The van der Waals surface area contributed by atoms with Gasteiger partial charge in [-0.3, -0.25) is 19.8 Å². The molecule has 0 atom stereocenters. The topological polar surface area (TPSA) is 113 Å². The number of halogens is 1. The lowest BCUT2D eigenvalue weighted by Crippen LogP contribution is -2.40. The molecule has 0 saturated carbocycles. The van der Waals surface area contributed by atoms with Gasteiger partial charge in [0.15, 0.2) is 0 Å². The number of non-ortho nitro benzene ring substituents is 1. The Kier molecular flexibility index (Phi) is 6.70. The van der Waals surface area contributed by atoms with Gasteiger partial charge >= 0.3 is 0 Å². The SMILES string of the molecule is O=C([O-])CN1C(=O)/C(=C/c2cc([N+](=O)[O-])ccc2OCc2ccccc2Cl)SC1=S. The van der Waals surface area contributed by atoms with Crippen LogP contribution in [0.25, 0.3) is 6.08 Å². The molecule has 1 aliphatic heterocycles. The molecular formula is C19H12ClN2O6S2-. The lowest BCUT2D eigenvalue weighted by Gasteiger charge is -2.14. The fraction of sp³-hybridized carbons (Fsp3) is 0.105. The number of benzene rings is 2. The number of amides is 1. The van der Waals surface area contributed by atoms with Crippen molar-refractivity contribution in [2.45, 2.75) is 6.61 Å². The zero-order chi connectivity index (χ0) is 21.8. The lowest BCUT2D eigenvalue weighted by molar-refractivity contribution is -0.384. The molecule has 2 aromatic carbocycles. The first-order chi connectivity index (χ1) is 14.3. The van der Waals surface area contributed by atoms with E-state index in [-0.39, 0.29) is 32.8 Å². The van der Waals surface area contributed by atoms with Gasteiger partial charge in [0.05, 0.1) is 22.3 Å². The average molecular weight is 464 g/mol. The molecule has 1 aliphatic rings. The fourth-order valence-electron chi connectivity index (χ4n) is 2.57. The van der Waals surface area contributed by atoms with Gasteiger partial charge in [-0.15, -0.1) is 0 Å². The van der Waals surface area contributed by atoms with Crippen LogP contribution in [0, 0.1) is 10.1 Å². The second kappa shape index (κ2) is 9.24. The lowest BCUT2D eigenvalue weighted by atomic mass is 10.1. The number of nitro benzene ring substituents is 1. The highest BCUT2D eigenvalue weighted by Gasteiger charge is 2.32. The van der Waals surface area contributed by atoms with Crippen molar-refractivity contribution < 1.29 is 24.4 Å². The Morgan fingerprint density at radius 2 is 2.03 bits per heavy atom. The third-order valence-electron chi connectivity index (χ3n) is 3.99. The van der Waals surface area contributed by atoms with E-state index in [1.807, 2.05) is 0 Å². The minimum Gasteiger partial charge on any atom is -0.548 e. The average Bonchev–Trinajstić information content (AvgIpc) is 2.95. The number of rotatable bonds is 7. The highest BCUT2D eigenvalue weighted by atomic mass is 35.5. The predicted octanol–water partition coefficient (Wildman–Crippen LogP) is 2.78. The summed E-state index contributed by atoms with van der Waals surface area (Å²) in [5.41, 5.74) is 0.783. The Balaban J connectivity index is 1.93. The van der Waals surface area contributed by atoms with Crippen molar-refractivity contribution in [3.63, 3.8) is 0 Å². The van der Waals surface area contributed by atoms with Crippen LogP contribution in [0.4, 0.5) is 5.69 Å². The molecule has 1 saturated heterocycles. The molecule has 0 N–H and O–H groups in total. The van der Waals surface area contributed by atoms with Gasteiger partial charge in [0.2, 0.25) is 0 Å². The maximum Gasteiger partial charge on any atom is 0.270 e. The summed E-state index contributed by atoms with van der Waals surface area (Å²) in [5, 5.41) is 22.5. The van der Waals surface area contributed by atoms with Crippen LogP contribution < -0.4 is 9.84 Å². The second-order valence-corrected chi connectivity index (χ2v) is 8.08. The number of ether oxygens (including phenoxy) is 1. The minimum atomic E-state index is -1.45. The number of carboxylic acids is 1. The molecule has 2 aromatic rings. The summed E-state index contributed by atoms with van der Waals surface area (Å²) in [6.07, 6.45) is 1.38. The van der Waals surface area contributed by atoms with Crippen molar-refractivity contribution in [3.8, 4) is 5.75 Å². The quantitative estimate of drug-likeness (QED) is 0.266. The summed E-state index contributed by atoms with van der Waals surface area (Å²) in [7, 11) is 0.